The van der Waals surface area contributed by atoms with Gasteiger partial charge in [-0.1, -0.05) is 48.5 Å². The van der Waals surface area contributed by atoms with Gasteiger partial charge in [-0.15, -0.1) is 11.3 Å². The van der Waals surface area contributed by atoms with Crippen LogP contribution in [0.3, 0.4) is 0 Å². The Morgan fingerprint density at radius 1 is 0.894 bits per heavy atom. The SMILES string of the molecule is CCOC(=O)c1sc(N2C(=O)C3ON(c4ccccc4)C(c4ccc(OS(=O)(=O)c5ccccc5)cc4)C3C2=O)c(C(=O)OC)c1C. The van der Waals surface area contributed by atoms with Crippen LogP contribution in [0.25, 0.3) is 0 Å². The van der Waals surface area contributed by atoms with Crippen molar-refractivity contribution in [3.63, 3.8) is 0 Å². The average molecular weight is 677 g/mol. The monoisotopic (exact) mass is 676 g/mol. The number of anilines is 2. The number of hydroxylamine groups is 1. The highest BCUT2D eigenvalue weighted by Crippen LogP contribution is 2.50. The Labute approximate surface area is 274 Å². The van der Waals surface area contributed by atoms with Crippen molar-refractivity contribution in [3.05, 3.63) is 106 Å². The molecular formula is C33H28N2O10S2. The van der Waals surface area contributed by atoms with Crippen LogP contribution in [-0.2, 0) is 34.0 Å². The molecule has 6 rings (SSSR count). The first kappa shape index (κ1) is 31.9. The molecular weight excluding hydrogens is 649 g/mol. The number of fused-ring (bicyclic) bond motifs is 1. The van der Waals surface area contributed by atoms with E-state index in [1.807, 2.05) is 0 Å². The molecule has 0 aliphatic carbocycles. The van der Waals surface area contributed by atoms with Crippen molar-refractivity contribution >= 4 is 55.9 Å². The second-order valence-corrected chi connectivity index (χ2v) is 13.1. The van der Waals surface area contributed by atoms with E-state index in [0.717, 1.165) is 23.3 Å². The van der Waals surface area contributed by atoms with E-state index in [2.05, 4.69) is 0 Å². The average Bonchev–Trinajstić information content (AvgIpc) is 3.71. The maximum atomic E-state index is 14.3. The fourth-order valence-corrected chi connectivity index (χ4v) is 7.78. The maximum absolute atomic E-state index is 14.3. The number of benzene rings is 3. The molecule has 2 saturated heterocycles. The van der Waals surface area contributed by atoms with Crippen LogP contribution in [0.15, 0.2) is 89.8 Å². The highest BCUT2D eigenvalue weighted by Gasteiger charge is 2.61. The fraction of sp³-hybridized carbons (Fsp3) is 0.212. The van der Waals surface area contributed by atoms with Gasteiger partial charge in [-0.05, 0) is 61.4 Å². The number of hydrogen-bond acceptors (Lipinski definition) is 12. The molecule has 3 unspecified atom stereocenters. The maximum Gasteiger partial charge on any atom is 0.348 e. The van der Waals surface area contributed by atoms with Crippen LogP contribution in [0, 0.1) is 12.8 Å². The number of nitrogens with zero attached hydrogens (tertiary/aromatic N) is 2. The van der Waals surface area contributed by atoms with Gasteiger partial charge in [0.25, 0.3) is 5.91 Å². The van der Waals surface area contributed by atoms with Crippen LogP contribution in [0.2, 0.25) is 0 Å². The van der Waals surface area contributed by atoms with Crippen LogP contribution in [0.5, 0.6) is 5.75 Å². The first-order valence-corrected chi connectivity index (χ1v) is 16.7. The normalized spacial score (nSPS) is 19.1. The van der Waals surface area contributed by atoms with E-state index in [0.29, 0.717) is 11.3 Å². The molecule has 3 heterocycles. The molecule has 2 fully saturated rings. The molecule has 2 aliphatic rings. The summed E-state index contributed by atoms with van der Waals surface area (Å²) < 4.78 is 41.0. The molecule has 3 aromatic carbocycles. The number of ether oxygens (including phenoxy) is 2. The van der Waals surface area contributed by atoms with Crippen LogP contribution < -0.4 is 14.1 Å². The number of rotatable bonds is 9. The Kier molecular flexibility index (Phi) is 8.57. The first-order valence-electron chi connectivity index (χ1n) is 14.4. The van der Waals surface area contributed by atoms with Crippen molar-refractivity contribution < 1.29 is 46.1 Å². The Morgan fingerprint density at radius 2 is 1.53 bits per heavy atom. The van der Waals surface area contributed by atoms with Gasteiger partial charge in [0.1, 0.15) is 26.4 Å². The summed E-state index contributed by atoms with van der Waals surface area (Å²) in [6.45, 7) is 3.23. The summed E-state index contributed by atoms with van der Waals surface area (Å²) in [5.74, 6) is -3.95. The molecule has 1 aromatic heterocycles. The van der Waals surface area contributed by atoms with Gasteiger partial charge in [0.2, 0.25) is 5.91 Å². The Morgan fingerprint density at radius 3 is 2.15 bits per heavy atom. The molecule has 0 radical (unpaired) electrons. The summed E-state index contributed by atoms with van der Waals surface area (Å²) in [6, 6.07) is 21.8. The first-order chi connectivity index (χ1) is 22.6. The molecule has 0 saturated carbocycles. The standard InChI is InChI=1S/C33H28N2O10S2/c1-4-43-33(39)28-19(2)24(32(38)42-3)31(46-28)34-29(36)25-26(35(44-27(25)30(34)37)21-11-7-5-8-12-21)20-15-17-22(18-16-20)45-47(40,41)23-13-9-6-10-14-23/h5-18,25-27H,4H2,1-3H3. The lowest BCUT2D eigenvalue weighted by molar-refractivity contribution is -0.126. The second kappa shape index (κ2) is 12.6. The van der Waals surface area contributed by atoms with E-state index in [9.17, 15) is 27.6 Å². The van der Waals surface area contributed by atoms with E-state index in [1.165, 1.54) is 36.3 Å². The van der Waals surface area contributed by atoms with Crippen LogP contribution in [-0.4, -0.2) is 52.0 Å². The predicted molar refractivity (Wildman–Crippen MR) is 170 cm³/mol. The molecule has 2 aliphatic heterocycles. The third kappa shape index (κ3) is 5.64. The Hall–Kier alpha value is -5.05. The van der Waals surface area contributed by atoms with E-state index in [-0.39, 0.29) is 38.3 Å². The van der Waals surface area contributed by atoms with Gasteiger partial charge in [-0.25, -0.2) is 19.6 Å². The number of carbonyl (C=O) groups excluding carboxylic acids is 4. The molecule has 12 nitrogen and oxygen atoms in total. The minimum Gasteiger partial charge on any atom is -0.465 e. The lowest BCUT2D eigenvalue weighted by Gasteiger charge is -2.28. The molecule has 2 amide bonds. The number of carbonyl (C=O) groups is 4. The molecule has 0 spiro atoms. The van der Waals surface area contributed by atoms with Crippen molar-refractivity contribution in [3.8, 4) is 5.75 Å². The third-order valence-corrected chi connectivity index (χ3v) is 10.3. The lowest BCUT2D eigenvalue weighted by Crippen LogP contribution is -2.37. The van der Waals surface area contributed by atoms with Crippen molar-refractivity contribution in [1.29, 1.82) is 0 Å². The molecule has 0 N–H and O–H groups in total. The van der Waals surface area contributed by atoms with Crippen LogP contribution in [0.4, 0.5) is 10.7 Å². The molecule has 242 valence electrons. The van der Waals surface area contributed by atoms with E-state index >= 15 is 0 Å². The minimum absolute atomic E-state index is 0.0113. The number of hydrogen-bond donors (Lipinski definition) is 0. The predicted octanol–water partition coefficient (Wildman–Crippen LogP) is 4.84. The van der Waals surface area contributed by atoms with E-state index < -0.39 is 51.9 Å². The van der Waals surface area contributed by atoms with Gasteiger partial charge >= 0.3 is 22.1 Å². The molecule has 47 heavy (non-hydrogen) atoms. The number of amides is 2. The summed E-state index contributed by atoms with van der Waals surface area (Å²) in [7, 11) is -2.94. The van der Waals surface area contributed by atoms with E-state index in [1.54, 1.807) is 67.6 Å². The number of imide groups is 1. The summed E-state index contributed by atoms with van der Waals surface area (Å²) in [5.41, 5.74) is 1.21. The fourth-order valence-electron chi connectivity index (χ4n) is 5.62. The largest absolute Gasteiger partial charge is 0.465 e. The summed E-state index contributed by atoms with van der Waals surface area (Å²) in [6.07, 6.45) is -1.28. The van der Waals surface area contributed by atoms with Gasteiger partial charge in [0.15, 0.2) is 6.10 Å². The van der Waals surface area contributed by atoms with Crippen LogP contribution in [0.1, 0.15) is 44.1 Å². The molecule has 4 aromatic rings. The zero-order chi connectivity index (χ0) is 33.5. The zero-order valence-electron chi connectivity index (χ0n) is 25.3. The number of thiophene rings is 1. The quantitative estimate of drug-likeness (QED) is 0.136. The van der Waals surface area contributed by atoms with E-state index in [4.69, 9.17) is 18.5 Å². The topological polar surface area (TPSA) is 146 Å². The number of methoxy groups -OCH3 is 1. The van der Waals surface area contributed by atoms with Crippen LogP contribution >= 0.6 is 11.3 Å². The van der Waals surface area contributed by atoms with Crippen molar-refractivity contribution in [2.24, 2.45) is 5.92 Å². The highest BCUT2D eigenvalue weighted by atomic mass is 32.2. The molecule has 3 atom stereocenters. The lowest BCUT2D eigenvalue weighted by atomic mass is 9.90. The van der Waals surface area contributed by atoms with Crippen molar-refractivity contribution in [1.82, 2.24) is 0 Å². The van der Waals surface area contributed by atoms with Gasteiger partial charge in [-0.3, -0.25) is 14.4 Å². The summed E-state index contributed by atoms with van der Waals surface area (Å²) in [5, 5.41) is 1.41. The minimum atomic E-state index is -4.10. The number of esters is 2. The Bertz CT molecular complexity index is 1960. The third-order valence-electron chi connectivity index (χ3n) is 7.77. The van der Waals surface area contributed by atoms with Gasteiger partial charge in [0, 0.05) is 0 Å². The molecule has 14 heteroatoms. The summed E-state index contributed by atoms with van der Waals surface area (Å²) >= 11 is 0.787. The Balaban J connectivity index is 1.38. The van der Waals surface area contributed by atoms with Gasteiger partial charge < -0.3 is 13.7 Å². The smallest absolute Gasteiger partial charge is 0.348 e. The highest BCUT2D eigenvalue weighted by molar-refractivity contribution is 7.87. The second-order valence-electron chi connectivity index (χ2n) is 10.5. The van der Waals surface area contributed by atoms with Crippen molar-refractivity contribution in [2.45, 2.75) is 30.9 Å². The number of para-hydroxylation sites is 1. The zero-order valence-corrected chi connectivity index (χ0v) is 26.9. The van der Waals surface area contributed by atoms with Gasteiger partial charge in [-0.2, -0.15) is 8.42 Å². The summed E-state index contributed by atoms with van der Waals surface area (Å²) in [4.78, 5) is 61.0. The molecule has 0 bridgehead atoms. The van der Waals surface area contributed by atoms with Crippen molar-refractivity contribution in [2.75, 3.05) is 23.7 Å². The van der Waals surface area contributed by atoms with Gasteiger partial charge in [0.05, 0.1) is 31.0 Å².